The number of hydrogen-bond donors (Lipinski definition) is 3. The summed E-state index contributed by atoms with van der Waals surface area (Å²) in [6.45, 7) is 1.98. The highest BCUT2D eigenvalue weighted by atomic mass is 19.1. The van der Waals surface area contributed by atoms with Gasteiger partial charge in [0.1, 0.15) is 17.3 Å². The predicted molar refractivity (Wildman–Crippen MR) is 103 cm³/mol. The minimum atomic E-state index is -0.330. The number of imidazole rings is 1. The third kappa shape index (κ3) is 3.46. The highest BCUT2D eigenvalue weighted by Gasteiger charge is 2.18. The highest BCUT2D eigenvalue weighted by molar-refractivity contribution is 5.98. The fraction of sp³-hybridized carbons (Fsp3) is 0.143. The molecule has 0 aliphatic heterocycles. The average molecular weight is 362 g/mol. The number of amides is 1. The van der Waals surface area contributed by atoms with Gasteiger partial charge in [-0.1, -0.05) is 37.3 Å². The number of aromatic amines is 2. The van der Waals surface area contributed by atoms with Crippen LogP contribution in [0.1, 0.15) is 35.7 Å². The number of nitrogens with zero attached hydrogens (tertiary/aromatic N) is 1. The smallest absolute Gasteiger partial charge is 0.268 e. The predicted octanol–water partition coefficient (Wildman–Crippen LogP) is 4.58. The molecular formula is C21H19FN4O. The van der Waals surface area contributed by atoms with Crippen molar-refractivity contribution >= 4 is 16.8 Å². The van der Waals surface area contributed by atoms with Crippen molar-refractivity contribution in [3.63, 3.8) is 0 Å². The highest BCUT2D eigenvalue weighted by Crippen LogP contribution is 2.22. The fourth-order valence-corrected chi connectivity index (χ4v) is 3.10. The van der Waals surface area contributed by atoms with Gasteiger partial charge >= 0.3 is 0 Å². The van der Waals surface area contributed by atoms with Crippen molar-refractivity contribution in [2.24, 2.45) is 0 Å². The lowest BCUT2D eigenvalue weighted by Crippen LogP contribution is -2.29. The van der Waals surface area contributed by atoms with Gasteiger partial charge in [0.15, 0.2) is 0 Å². The van der Waals surface area contributed by atoms with Crippen molar-refractivity contribution in [3.05, 3.63) is 78.1 Å². The normalized spacial score (nSPS) is 12.2. The van der Waals surface area contributed by atoms with E-state index in [0.29, 0.717) is 23.3 Å². The monoisotopic (exact) mass is 362 g/mol. The van der Waals surface area contributed by atoms with Gasteiger partial charge in [-0.3, -0.25) is 4.79 Å². The van der Waals surface area contributed by atoms with Crippen LogP contribution in [0.2, 0.25) is 0 Å². The lowest BCUT2D eigenvalue weighted by molar-refractivity contribution is 0.0929. The van der Waals surface area contributed by atoms with Crippen molar-refractivity contribution < 1.29 is 9.18 Å². The number of halogens is 1. The molecule has 0 saturated heterocycles. The van der Waals surface area contributed by atoms with Crippen LogP contribution in [-0.2, 0) is 0 Å². The molecule has 136 valence electrons. The number of carbonyl (C=O) groups is 1. The number of benzene rings is 2. The minimum absolute atomic E-state index is 0.252. The van der Waals surface area contributed by atoms with Crippen LogP contribution in [0.3, 0.4) is 0 Å². The van der Waals surface area contributed by atoms with Crippen LogP contribution in [-0.4, -0.2) is 20.9 Å². The average Bonchev–Trinajstić information content (AvgIpc) is 3.33. The van der Waals surface area contributed by atoms with Gasteiger partial charge in [0.2, 0.25) is 0 Å². The zero-order chi connectivity index (χ0) is 18.8. The number of rotatable bonds is 5. The van der Waals surface area contributed by atoms with Crippen LogP contribution in [0.4, 0.5) is 4.39 Å². The molecule has 0 spiro atoms. The first-order valence-corrected chi connectivity index (χ1v) is 8.83. The van der Waals surface area contributed by atoms with E-state index in [4.69, 9.17) is 0 Å². The number of nitrogens with one attached hydrogen (secondary N) is 3. The molecule has 0 aliphatic carbocycles. The summed E-state index contributed by atoms with van der Waals surface area (Å²) < 4.78 is 13.3. The number of fused-ring (bicyclic) bond motifs is 1. The van der Waals surface area contributed by atoms with Crippen molar-refractivity contribution in [2.45, 2.75) is 19.4 Å². The molecular weight excluding hydrogens is 343 g/mol. The molecule has 4 aromatic rings. The Hall–Kier alpha value is -3.41. The standard InChI is InChI=1S/C21H19FN4O/c1-2-16(20-23-12-19(25-20)13-6-4-3-5-7-13)26-21(27)18-11-14-10-15(22)8-9-17(14)24-18/h3-12,16,24H,2H2,1H3,(H,23,25)(H,26,27). The summed E-state index contributed by atoms with van der Waals surface area (Å²) in [5, 5.41) is 3.65. The van der Waals surface area contributed by atoms with Crippen molar-refractivity contribution in [2.75, 3.05) is 0 Å². The number of H-pyrrole nitrogens is 2. The third-order valence-electron chi connectivity index (χ3n) is 4.55. The molecule has 1 atom stereocenters. The molecule has 0 bridgehead atoms. The van der Waals surface area contributed by atoms with Gasteiger partial charge in [-0.2, -0.15) is 0 Å². The molecule has 0 saturated carbocycles. The van der Waals surface area contributed by atoms with Crippen LogP contribution in [0.15, 0.2) is 60.8 Å². The van der Waals surface area contributed by atoms with E-state index in [1.807, 2.05) is 37.3 Å². The molecule has 0 fully saturated rings. The Kier molecular flexibility index (Phi) is 4.46. The molecule has 6 heteroatoms. The van der Waals surface area contributed by atoms with E-state index in [1.54, 1.807) is 18.3 Å². The van der Waals surface area contributed by atoms with Gasteiger partial charge < -0.3 is 15.3 Å². The summed E-state index contributed by atoms with van der Waals surface area (Å²) in [5.41, 5.74) is 3.05. The zero-order valence-corrected chi connectivity index (χ0v) is 14.8. The second kappa shape index (κ2) is 7.07. The van der Waals surface area contributed by atoms with Crippen LogP contribution in [0, 0.1) is 5.82 Å². The first-order chi connectivity index (χ1) is 13.1. The summed E-state index contributed by atoms with van der Waals surface area (Å²) in [7, 11) is 0. The maximum absolute atomic E-state index is 13.3. The molecule has 4 rings (SSSR count). The van der Waals surface area contributed by atoms with E-state index >= 15 is 0 Å². The third-order valence-corrected chi connectivity index (χ3v) is 4.55. The van der Waals surface area contributed by atoms with Crippen molar-refractivity contribution in [3.8, 4) is 11.3 Å². The van der Waals surface area contributed by atoms with Crippen LogP contribution < -0.4 is 5.32 Å². The second-order valence-corrected chi connectivity index (χ2v) is 6.40. The zero-order valence-electron chi connectivity index (χ0n) is 14.8. The Morgan fingerprint density at radius 1 is 1.15 bits per heavy atom. The molecule has 2 heterocycles. The van der Waals surface area contributed by atoms with Gasteiger partial charge in [-0.15, -0.1) is 0 Å². The van der Waals surface area contributed by atoms with E-state index in [2.05, 4.69) is 20.3 Å². The van der Waals surface area contributed by atoms with Crippen molar-refractivity contribution in [1.29, 1.82) is 0 Å². The molecule has 1 amide bonds. The summed E-state index contributed by atoms with van der Waals surface area (Å²) in [6.07, 6.45) is 2.45. The Bertz CT molecular complexity index is 1080. The summed E-state index contributed by atoms with van der Waals surface area (Å²) in [5.74, 6) is 0.117. The largest absolute Gasteiger partial charge is 0.351 e. The number of carbonyl (C=O) groups excluding carboxylic acids is 1. The van der Waals surface area contributed by atoms with E-state index in [-0.39, 0.29) is 17.8 Å². The topological polar surface area (TPSA) is 73.6 Å². The number of aromatic nitrogens is 3. The van der Waals surface area contributed by atoms with Crippen LogP contribution in [0.5, 0.6) is 0 Å². The Labute approximate surface area is 155 Å². The molecule has 3 N–H and O–H groups in total. The molecule has 27 heavy (non-hydrogen) atoms. The molecule has 1 unspecified atom stereocenters. The molecule has 5 nitrogen and oxygen atoms in total. The van der Waals surface area contributed by atoms with E-state index in [0.717, 1.165) is 16.8 Å². The van der Waals surface area contributed by atoms with Crippen LogP contribution >= 0.6 is 0 Å². The quantitative estimate of drug-likeness (QED) is 0.486. The molecule has 0 radical (unpaired) electrons. The second-order valence-electron chi connectivity index (χ2n) is 6.40. The maximum Gasteiger partial charge on any atom is 0.268 e. The Morgan fingerprint density at radius 3 is 2.74 bits per heavy atom. The van der Waals surface area contributed by atoms with E-state index in [9.17, 15) is 9.18 Å². The van der Waals surface area contributed by atoms with E-state index in [1.165, 1.54) is 12.1 Å². The molecule has 2 aromatic carbocycles. The maximum atomic E-state index is 13.3. The Balaban J connectivity index is 1.54. The van der Waals surface area contributed by atoms with Crippen molar-refractivity contribution in [1.82, 2.24) is 20.3 Å². The number of hydrogen-bond acceptors (Lipinski definition) is 2. The molecule has 2 aromatic heterocycles. The lowest BCUT2D eigenvalue weighted by atomic mass is 10.2. The van der Waals surface area contributed by atoms with Gasteiger partial charge in [-0.25, -0.2) is 9.37 Å². The summed E-state index contributed by atoms with van der Waals surface area (Å²) in [4.78, 5) is 23.4. The Morgan fingerprint density at radius 2 is 1.96 bits per heavy atom. The van der Waals surface area contributed by atoms with Gasteiger partial charge in [-0.05, 0) is 36.2 Å². The molecule has 0 aliphatic rings. The first-order valence-electron chi connectivity index (χ1n) is 8.83. The fourth-order valence-electron chi connectivity index (χ4n) is 3.10. The SMILES string of the molecule is CCC(NC(=O)c1cc2cc(F)ccc2[nH]1)c1ncc(-c2ccccc2)[nH]1. The summed E-state index contributed by atoms with van der Waals surface area (Å²) in [6, 6.07) is 15.7. The van der Waals surface area contributed by atoms with Crippen LogP contribution in [0.25, 0.3) is 22.2 Å². The van der Waals surface area contributed by atoms with Gasteiger partial charge in [0.05, 0.1) is 17.9 Å². The summed E-state index contributed by atoms with van der Waals surface area (Å²) >= 11 is 0. The van der Waals surface area contributed by atoms with Gasteiger partial charge in [0, 0.05) is 10.9 Å². The van der Waals surface area contributed by atoms with E-state index < -0.39 is 0 Å². The van der Waals surface area contributed by atoms with Gasteiger partial charge in [0.25, 0.3) is 5.91 Å². The minimum Gasteiger partial charge on any atom is -0.351 e. The lowest BCUT2D eigenvalue weighted by Gasteiger charge is -2.14. The first kappa shape index (κ1) is 17.0.